The number of aryl methyl sites for hydroxylation is 1. The second-order valence-electron chi connectivity index (χ2n) is 2.49. The Bertz CT molecular complexity index is 380. The fourth-order valence-electron chi connectivity index (χ4n) is 0.807. The van der Waals surface area contributed by atoms with E-state index >= 15 is 0 Å². The molecule has 1 radical (unpaired) electrons. The summed E-state index contributed by atoms with van der Waals surface area (Å²) in [4.78, 5) is 0.232. The summed E-state index contributed by atoms with van der Waals surface area (Å²) in [5, 5.41) is 0. The molecule has 0 bridgehead atoms. The predicted octanol–water partition coefficient (Wildman–Crippen LogP) is 0.471. The minimum absolute atomic E-state index is 0.232. The quantitative estimate of drug-likeness (QED) is 0.615. The number of benzene rings is 1. The first-order valence-electron chi connectivity index (χ1n) is 3.43. The molecule has 0 atom stereocenters. The third kappa shape index (κ3) is 1.91. The first-order chi connectivity index (χ1) is 5.56. The predicted molar refractivity (Wildman–Crippen MR) is 49.9 cm³/mol. The van der Waals surface area contributed by atoms with Crippen molar-refractivity contribution in [2.24, 2.45) is 0 Å². The molecule has 12 heavy (non-hydrogen) atoms. The third-order valence-corrected chi connectivity index (χ3v) is 2.82. The topological polar surface area (TPSA) is 34.1 Å². The van der Waals surface area contributed by atoms with Crippen molar-refractivity contribution in [3.8, 4) is 0 Å². The van der Waals surface area contributed by atoms with Crippen LogP contribution in [0, 0.1) is 6.92 Å². The van der Waals surface area contributed by atoms with Gasteiger partial charge in [0, 0.05) is 0 Å². The van der Waals surface area contributed by atoms with Gasteiger partial charge in [0.1, 0.15) is 0 Å². The Morgan fingerprint density at radius 3 is 2.17 bits per heavy atom. The number of hydrogen-bond donors (Lipinski definition) is 0. The van der Waals surface area contributed by atoms with Crippen LogP contribution in [0.5, 0.6) is 0 Å². The van der Waals surface area contributed by atoms with Crippen LogP contribution in [0.2, 0.25) is 0 Å². The molecule has 0 N–H and O–H groups in total. The zero-order valence-corrected chi connectivity index (χ0v) is 7.51. The molecule has 0 spiro atoms. The van der Waals surface area contributed by atoms with E-state index in [1.165, 1.54) is 12.1 Å². The van der Waals surface area contributed by atoms with Gasteiger partial charge in [0.05, 0.1) is 0 Å². The van der Waals surface area contributed by atoms with Crippen LogP contribution >= 0.6 is 0 Å². The van der Waals surface area contributed by atoms with Crippen molar-refractivity contribution in [3.05, 3.63) is 29.8 Å². The van der Waals surface area contributed by atoms with Crippen LogP contribution in [0.3, 0.4) is 0 Å². The van der Waals surface area contributed by atoms with Crippen molar-refractivity contribution in [3.63, 3.8) is 0 Å². The Labute approximate surface area is 73.7 Å². The van der Waals surface area contributed by atoms with Crippen molar-refractivity contribution in [2.75, 3.05) is 0 Å². The van der Waals surface area contributed by atoms with Crippen molar-refractivity contribution in [2.45, 2.75) is 11.8 Å². The zero-order chi connectivity index (χ0) is 9.19. The summed E-state index contributed by atoms with van der Waals surface area (Å²) < 4.78 is 22.3. The van der Waals surface area contributed by atoms with Gasteiger partial charge in [-0.2, -0.15) is 0 Å². The molecule has 0 aliphatic carbocycles. The molecule has 0 amide bonds. The molecule has 0 aromatic heterocycles. The molecule has 1 aromatic rings. The number of rotatable bonds is 2. The summed E-state index contributed by atoms with van der Waals surface area (Å²) in [5.41, 5.74) is 1.02. The first kappa shape index (κ1) is 9.39. The van der Waals surface area contributed by atoms with Crippen LogP contribution in [0.4, 0.5) is 0 Å². The van der Waals surface area contributed by atoms with Gasteiger partial charge in [-0.25, -0.2) is 0 Å². The summed E-state index contributed by atoms with van der Waals surface area (Å²) in [6.07, 6.45) is 0.706. The molecular weight excluding hydrogens is 170 g/mol. The maximum atomic E-state index is 11.1. The van der Waals surface area contributed by atoms with Gasteiger partial charge in [0.2, 0.25) is 0 Å². The zero-order valence-electron chi connectivity index (χ0n) is 6.69. The van der Waals surface area contributed by atoms with E-state index in [2.05, 4.69) is 0 Å². The molecule has 5 heteroatoms. The Morgan fingerprint density at radius 1 is 1.25 bits per heavy atom. The maximum absolute atomic E-state index is 11.1. The Morgan fingerprint density at radius 2 is 1.75 bits per heavy atom. The molecular formula is C7H7B2O2S. The summed E-state index contributed by atoms with van der Waals surface area (Å²) >= 11 is 0. The molecule has 0 heterocycles. The Kier molecular flexibility index (Phi) is 2.62. The summed E-state index contributed by atoms with van der Waals surface area (Å²) in [7, 11) is 1.60. The van der Waals surface area contributed by atoms with Crippen LogP contribution in [0.25, 0.3) is 0 Å². The standard InChI is InChI=1S/C7H7B2O2S/c1-6-2-4-7(5-3-6)12(10,11)9-8/h2-5H,1H3. The van der Waals surface area contributed by atoms with Gasteiger partial charge in [-0.05, 0) is 0 Å². The average molecular weight is 177 g/mol. The van der Waals surface area contributed by atoms with Crippen LogP contribution < -0.4 is 0 Å². The fraction of sp³-hybridized carbons (Fsp3) is 0.143. The molecule has 59 valence electrons. The van der Waals surface area contributed by atoms with Gasteiger partial charge in [0.15, 0.2) is 0 Å². The van der Waals surface area contributed by atoms with E-state index in [9.17, 15) is 8.42 Å². The van der Waals surface area contributed by atoms with Crippen LogP contribution in [-0.4, -0.2) is 21.9 Å². The fourth-order valence-corrected chi connectivity index (χ4v) is 1.48. The van der Waals surface area contributed by atoms with E-state index in [1.807, 2.05) is 6.92 Å². The van der Waals surface area contributed by atoms with Crippen molar-refractivity contribution in [1.29, 1.82) is 0 Å². The molecule has 2 nitrogen and oxygen atoms in total. The molecule has 0 aliphatic rings. The van der Waals surface area contributed by atoms with Crippen LogP contribution in [0.1, 0.15) is 5.56 Å². The summed E-state index contributed by atoms with van der Waals surface area (Å²) in [6, 6.07) is 6.54. The van der Waals surface area contributed by atoms with Gasteiger partial charge in [0.25, 0.3) is 0 Å². The Balaban J connectivity index is 3.23. The summed E-state index contributed by atoms with van der Waals surface area (Å²) in [5.74, 6) is 0. The van der Waals surface area contributed by atoms with Crippen molar-refractivity contribution >= 4 is 23.1 Å². The van der Waals surface area contributed by atoms with Gasteiger partial charge < -0.3 is 0 Å². The van der Waals surface area contributed by atoms with Crippen molar-refractivity contribution < 1.29 is 8.42 Å². The number of hydrogen-bond acceptors (Lipinski definition) is 2. The normalized spacial score (nSPS) is 10.7. The van der Waals surface area contributed by atoms with Crippen LogP contribution in [-0.2, 0) is 9.69 Å². The molecule has 0 fully saturated rings. The summed E-state index contributed by atoms with van der Waals surface area (Å²) in [6.45, 7) is 1.89. The van der Waals surface area contributed by atoms with Crippen molar-refractivity contribution in [1.82, 2.24) is 0 Å². The SMILES string of the molecule is [B]=BS(=O)(=O)c1ccc(C)cc1. The molecule has 1 aromatic carbocycles. The molecule has 1 rings (SSSR count). The van der Waals surface area contributed by atoms with E-state index < -0.39 is 9.69 Å². The van der Waals surface area contributed by atoms with Crippen LogP contribution in [0.15, 0.2) is 29.2 Å². The second-order valence-corrected chi connectivity index (χ2v) is 4.33. The van der Waals surface area contributed by atoms with Gasteiger partial charge in [-0.1, -0.05) is 0 Å². The van der Waals surface area contributed by atoms with Gasteiger partial charge in [-0.15, -0.1) is 0 Å². The minimum atomic E-state index is -3.36. The molecule has 0 unspecified atom stereocenters. The van der Waals surface area contributed by atoms with Gasteiger partial charge in [-0.3, -0.25) is 0 Å². The van der Waals surface area contributed by atoms with E-state index in [4.69, 9.17) is 7.37 Å². The monoisotopic (exact) mass is 177 g/mol. The Hall–Kier alpha value is -0.700. The first-order valence-corrected chi connectivity index (χ1v) is 4.97. The average Bonchev–Trinajstić information content (AvgIpc) is 2.05. The van der Waals surface area contributed by atoms with E-state index in [0.717, 1.165) is 5.56 Å². The van der Waals surface area contributed by atoms with E-state index in [1.54, 1.807) is 12.1 Å². The van der Waals surface area contributed by atoms with E-state index in [-0.39, 0.29) is 4.90 Å². The van der Waals surface area contributed by atoms with E-state index in [0.29, 0.717) is 6.08 Å². The molecule has 0 aliphatic heterocycles. The second kappa shape index (κ2) is 3.35. The molecule has 0 saturated carbocycles. The third-order valence-electron chi connectivity index (χ3n) is 1.53. The molecule has 0 saturated heterocycles. The van der Waals surface area contributed by atoms with Gasteiger partial charge >= 0.3 is 73.2 Å².